The van der Waals surface area contributed by atoms with Crippen LogP contribution >= 0.6 is 0 Å². The van der Waals surface area contributed by atoms with Crippen molar-refractivity contribution in [2.45, 2.75) is 26.1 Å². The van der Waals surface area contributed by atoms with Gasteiger partial charge in [-0.1, -0.05) is 0 Å². The quantitative estimate of drug-likeness (QED) is 0.356. The van der Waals surface area contributed by atoms with E-state index in [0.717, 1.165) is 6.54 Å². The van der Waals surface area contributed by atoms with Crippen LogP contribution in [0, 0.1) is 0 Å². The smallest absolute Gasteiger partial charge is 0.221 e. The fourth-order valence-electron chi connectivity index (χ4n) is 1.15. The SMILES string of the molecule is CNCCOC(C)(C)OCCNC(=O)CCN. The molecule has 0 atom stereocenters. The topological polar surface area (TPSA) is 85.6 Å². The summed E-state index contributed by atoms with van der Waals surface area (Å²) in [6, 6.07) is 0. The molecule has 0 spiro atoms. The highest BCUT2D eigenvalue weighted by atomic mass is 16.7. The molecule has 0 aliphatic rings. The minimum atomic E-state index is -0.630. The van der Waals surface area contributed by atoms with E-state index in [2.05, 4.69) is 10.6 Å². The van der Waals surface area contributed by atoms with Gasteiger partial charge in [0.2, 0.25) is 5.91 Å². The van der Waals surface area contributed by atoms with Gasteiger partial charge in [-0.15, -0.1) is 0 Å². The van der Waals surface area contributed by atoms with E-state index in [9.17, 15) is 4.79 Å². The molecular weight excluding hydrogens is 222 g/mol. The van der Waals surface area contributed by atoms with Crippen LogP contribution in [-0.2, 0) is 14.3 Å². The summed E-state index contributed by atoms with van der Waals surface area (Å²) < 4.78 is 11.0. The molecule has 0 aromatic rings. The van der Waals surface area contributed by atoms with Crippen LogP contribution in [0.1, 0.15) is 20.3 Å². The summed E-state index contributed by atoms with van der Waals surface area (Å²) in [5.41, 5.74) is 5.25. The molecule has 0 aromatic heterocycles. The highest BCUT2D eigenvalue weighted by Crippen LogP contribution is 2.09. The lowest BCUT2D eigenvalue weighted by Gasteiger charge is -2.25. The molecule has 0 unspecified atom stereocenters. The summed E-state index contributed by atoms with van der Waals surface area (Å²) in [4.78, 5) is 11.1. The molecule has 0 saturated heterocycles. The minimum absolute atomic E-state index is 0.0509. The first kappa shape index (κ1) is 16.3. The fraction of sp³-hybridized carbons (Fsp3) is 0.909. The van der Waals surface area contributed by atoms with Gasteiger partial charge in [-0.05, 0) is 20.9 Å². The second kappa shape index (κ2) is 9.35. The Morgan fingerprint density at radius 1 is 1.24 bits per heavy atom. The van der Waals surface area contributed by atoms with E-state index in [4.69, 9.17) is 15.2 Å². The molecule has 0 aliphatic carbocycles. The predicted octanol–water partition coefficient (Wildman–Crippen LogP) is -0.560. The van der Waals surface area contributed by atoms with Gasteiger partial charge in [-0.3, -0.25) is 4.79 Å². The normalized spacial score (nSPS) is 11.5. The number of ether oxygens (including phenoxy) is 2. The number of rotatable bonds is 10. The third kappa shape index (κ3) is 10.2. The predicted molar refractivity (Wildman–Crippen MR) is 66.6 cm³/mol. The molecule has 6 nitrogen and oxygen atoms in total. The highest BCUT2D eigenvalue weighted by molar-refractivity contribution is 5.75. The van der Waals surface area contributed by atoms with Crippen LogP contribution in [-0.4, -0.2) is 51.6 Å². The first-order chi connectivity index (χ1) is 8.02. The van der Waals surface area contributed by atoms with Crippen molar-refractivity contribution < 1.29 is 14.3 Å². The molecule has 0 saturated carbocycles. The zero-order valence-corrected chi connectivity index (χ0v) is 11.0. The molecule has 0 aromatic carbocycles. The van der Waals surface area contributed by atoms with E-state index in [1.165, 1.54) is 0 Å². The van der Waals surface area contributed by atoms with E-state index < -0.39 is 5.79 Å². The summed E-state index contributed by atoms with van der Waals surface area (Å²) in [5.74, 6) is -0.680. The maximum atomic E-state index is 11.1. The average Bonchev–Trinajstić information content (AvgIpc) is 2.25. The first-order valence-electron chi connectivity index (χ1n) is 5.91. The Hall–Kier alpha value is -0.690. The molecule has 0 radical (unpaired) electrons. The lowest BCUT2D eigenvalue weighted by atomic mass is 10.4. The van der Waals surface area contributed by atoms with Gasteiger partial charge in [0.05, 0.1) is 13.2 Å². The van der Waals surface area contributed by atoms with Gasteiger partial charge >= 0.3 is 0 Å². The Morgan fingerprint density at radius 2 is 1.82 bits per heavy atom. The van der Waals surface area contributed by atoms with Crippen molar-refractivity contribution in [3.8, 4) is 0 Å². The Morgan fingerprint density at radius 3 is 2.35 bits per heavy atom. The lowest BCUT2D eigenvalue weighted by Crippen LogP contribution is -2.35. The van der Waals surface area contributed by atoms with Crippen LogP contribution in [0.2, 0.25) is 0 Å². The summed E-state index contributed by atoms with van der Waals surface area (Å²) in [7, 11) is 1.87. The summed E-state index contributed by atoms with van der Waals surface area (Å²) in [6.45, 7) is 6.32. The van der Waals surface area contributed by atoms with Crippen molar-refractivity contribution in [2.75, 3.05) is 39.9 Å². The van der Waals surface area contributed by atoms with Gasteiger partial charge in [-0.2, -0.15) is 0 Å². The third-order valence-corrected chi connectivity index (χ3v) is 2.05. The molecule has 1 amide bonds. The van der Waals surface area contributed by atoms with Crippen molar-refractivity contribution in [3.63, 3.8) is 0 Å². The molecule has 4 N–H and O–H groups in total. The number of nitrogens with one attached hydrogen (secondary N) is 2. The van der Waals surface area contributed by atoms with E-state index in [1.807, 2.05) is 20.9 Å². The van der Waals surface area contributed by atoms with E-state index in [-0.39, 0.29) is 5.91 Å². The molecule has 17 heavy (non-hydrogen) atoms. The van der Waals surface area contributed by atoms with Crippen molar-refractivity contribution in [3.05, 3.63) is 0 Å². The van der Waals surface area contributed by atoms with E-state index >= 15 is 0 Å². The Labute approximate surface area is 103 Å². The second-order valence-electron chi connectivity index (χ2n) is 4.09. The van der Waals surface area contributed by atoms with E-state index in [0.29, 0.717) is 32.7 Å². The number of amides is 1. The van der Waals surface area contributed by atoms with Gasteiger partial charge in [0.1, 0.15) is 0 Å². The highest BCUT2D eigenvalue weighted by Gasteiger charge is 2.18. The van der Waals surface area contributed by atoms with E-state index in [1.54, 1.807) is 0 Å². The van der Waals surface area contributed by atoms with Crippen LogP contribution in [0.3, 0.4) is 0 Å². The number of likely N-dealkylation sites (N-methyl/N-ethyl adjacent to an activating group) is 1. The third-order valence-electron chi connectivity index (χ3n) is 2.05. The lowest BCUT2D eigenvalue weighted by molar-refractivity contribution is -0.211. The van der Waals surface area contributed by atoms with Crippen LogP contribution in [0.25, 0.3) is 0 Å². The number of carbonyl (C=O) groups is 1. The fourth-order valence-corrected chi connectivity index (χ4v) is 1.15. The van der Waals surface area contributed by atoms with Gasteiger partial charge in [-0.25, -0.2) is 0 Å². The molecule has 0 bridgehead atoms. The van der Waals surface area contributed by atoms with Crippen molar-refractivity contribution in [1.29, 1.82) is 0 Å². The zero-order valence-electron chi connectivity index (χ0n) is 11.0. The molecule has 6 heteroatoms. The van der Waals surface area contributed by atoms with Crippen LogP contribution in [0.5, 0.6) is 0 Å². The van der Waals surface area contributed by atoms with Gasteiger partial charge in [0.25, 0.3) is 0 Å². The van der Waals surface area contributed by atoms with Crippen LogP contribution < -0.4 is 16.4 Å². The molecule has 0 rings (SSSR count). The molecular formula is C11H25N3O3. The summed E-state index contributed by atoms with van der Waals surface area (Å²) in [6.07, 6.45) is 0.349. The number of carbonyl (C=O) groups excluding carboxylic acids is 1. The van der Waals surface area contributed by atoms with Gasteiger partial charge in [0, 0.05) is 26.1 Å². The van der Waals surface area contributed by atoms with Gasteiger partial charge < -0.3 is 25.8 Å². The summed E-state index contributed by atoms with van der Waals surface area (Å²) >= 11 is 0. The molecule has 0 fully saturated rings. The molecule has 0 aliphatic heterocycles. The number of hydrogen-bond acceptors (Lipinski definition) is 5. The standard InChI is InChI=1S/C11H25N3O3/c1-11(2,16-8-6-13-3)17-9-7-14-10(15)4-5-12/h13H,4-9,12H2,1-3H3,(H,14,15). The van der Waals surface area contributed by atoms with Crippen molar-refractivity contribution in [2.24, 2.45) is 5.73 Å². The Kier molecular flexibility index (Phi) is 8.97. The van der Waals surface area contributed by atoms with Crippen LogP contribution in [0.15, 0.2) is 0 Å². The second-order valence-corrected chi connectivity index (χ2v) is 4.09. The maximum absolute atomic E-state index is 11.1. The summed E-state index contributed by atoms with van der Waals surface area (Å²) in [5, 5.41) is 5.70. The largest absolute Gasteiger partial charge is 0.354 e. The maximum Gasteiger partial charge on any atom is 0.221 e. The zero-order chi connectivity index (χ0) is 13.1. The number of hydrogen-bond donors (Lipinski definition) is 3. The molecule has 0 heterocycles. The van der Waals surface area contributed by atoms with Gasteiger partial charge in [0.15, 0.2) is 5.79 Å². The molecule has 102 valence electrons. The Balaban J connectivity index is 3.54. The van der Waals surface area contributed by atoms with Crippen LogP contribution in [0.4, 0.5) is 0 Å². The monoisotopic (exact) mass is 247 g/mol. The van der Waals surface area contributed by atoms with Crippen molar-refractivity contribution in [1.82, 2.24) is 10.6 Å². The Bertz CT molecular complexity index is 210. The van der Waals surface area contributed by atoms with Crippen molar-refractivity contribution >= 4 is 5.91 Å². The number of nitrogens with two attached hydrogens (primary N) is 1. The minimum Gasteiger partial charge on any atom is -0.354 e. The first-order valence-corrected chi connectivity index (χ1v) is 5.91. The average molecular weight is 247 g/mol.